The van der Waals surface area contributed by atoms with Crippen LogP contribution < -0.4 is 10.7 Å². The molecule has 1 fully saturated rings. The van der Waals surface area contributed by atoms with E-state index in [2.05, 4.69) is 54.1 Å². The highest BCUT2D eigenvalue weighted by Crippen LogP contribution is 2.33. The van der Waals surface area contributed by atoms with E-state index in [4.69, 9.17) is 9.15 Å². The molecule has 5 heteroatoms. The highest BCUT2D eigenvalue weighted by Gasteiger charge is 2.19. The lowest BCUT2D eigenvalue weighted by atomic mass is 9.98. The number of hydrogen-bond donors (Lipinski definition) is 1. The zero-order chi connectivity index (χ0) is 27.4. The molecule has 0 spiro atoms. The lowest BCUT2D eigenvalue weighted by Crippen LogP contribution is -2.36. The van der Waals surface area contributed by atoms with Crippen LogP contribution in [-0.4, -0.2) is 37.7 Å². The Kier molecular flexibility index (Phi) is 8.30. The molecule has 1 unspecified atom stereocenters. The molecule has 5 rings (SSSR count). The molecule has 0 aliphatic carbocycles. The van der Waals surface area contributed by atoms with Gasteiger partial charge in [0.15, 0.2) is 5.43 Å². The molecule has 0 saturated carbocycles. The first-order chi connectivity index (χ1) is 18.9. The minimum absolute atomic E-state index is 0.0180. The largest absolute Gasteiger partial charge is 0.455 e. The molecule has 0 amide bonds. The summed E-state index contributed by atoms with van der Waals surface area (Å²) in [7, 11) is 0. The van der Waals surface area contributed by atoms with Crippen molar-refractivity contribution in [1.29, 1.82) is 0 Å². The average molecular weight is 523 g/mol. The minimum atomic E-state index is -0.0824. The summed E-state index contributed by atoms with van der Waals surface area (Å²) in [6.45, 7) is 14.7. The van der Waals surface area contributed by atoms with Crippen LogP contribution in [0.2, 0.25) is 0 Å². The Morgan fingerprint density at radius 3 is 2.54 bits per heavy atom. The van der Waals surface area contributed by atoms with E-state index in [0.717, 1.165) is 73.6 Å². The smallest absolute Gasteiger partial charge is 0.196 e. The van der Waals surface area contributed by atoms with Gasteiger partial charge in [-0.25, -0.2) is 0 Å². The van der Waals surface area contributed by atoms with Gasteiger partial charge in [-0.05, 0) is 69.0 Å². The molecule has 4 aromatic rings. The first kappa shape index (κ1) is 26.9. The zero-order valence-electron chi connectivity index (χ0n) is 23.3. The van der Waals surface area contributed by atoms with Crippen molar-refractivity contribution in [2.24, 2.45) is 0 Å². The second-order valence-electron chi connectivity index (χ2n) is 10.5. The number of fused-ring (bicyclic) bond motifs is 1. The Labute approximate surface area is 231 Å². The molecule has 1 N–H and O–H groups in total. The standard InChI is InChI=1S/C34H38N2O3/c1-5-27-10-6-7-11-31(27)35-25(4)29-21-23(2)22-30-32(37)24(3)33(39-34(29)30)28-14-12-26(13-15-28)9-8-16-36-17-19-38-20-18-36/h5-7,10-15,21-22,25,35H,1,8-9,16-20H2,2-4H3. The number of benzene rings is 3. The third-order valence-electron chi connectivity index (χ3n) is 7.67. The summed E-state index contributed by atoms with van der Waals surface area (Å²) in [5.41, 5.74) is 7.53. The van der Waals surface area contributed by atoms with Gasteiger partial charge in [0.1, 0.15) is 11.3 Å². The molecule has 202 valence electrons. The molecule has 1 aliphatic heterocycles. The summed E-state index contributed by atoms with van der Waals surface area (Å²) in [6.07, 6.45) is 3.99. The topological polar surface area (TPSA) is 54.7 Å². The molecule has 39 heavy (non-hydrogen) atoms. The van der Waals surface area contributed by atoms with Crippen molar-refractivity contribution in [3.63, 3.8) is 0 Å². The van der Waals surface area contributed by atoms with Gasteiger partial charge in [0.25, 0.3) is 0 Å². The SMILES string of the molecule is C=Cc1ccccc1NC(C)c1cc(C)cc2c(=O)c(C)c(-c3ccc(CCCN4CCOCC4)cc3)oc12. The molecular weight excluding hydrogens is 484 g/mol. The lowest BCUT2D eigenvalue weighted by Gasteiger charge is -2.26. The van der Waals surface area contributed by atoms with E-state index in [-0.39, 0.29) is 11.5 Å². The van der Waals surface area contributed by atoms with Gasteiger partial charge in [0.05, 0.1) is 24.6 Å². The van der Waals surface area contributed by atoms with Crippen LogP contribution in [0.3, 0.4) is 0 Å². The van der Waals surface area contributed by atoms with Gasteiger partial charge >= 0.3 is 0 Å². The molecule has 1 aromatic heterocycles. The lowest BCUT2D eigenvalue weighted by molar-refractivity contribution is 0.0375. The van der Waals surface area contributed by atoms with Crippen LogP contribution in [0, 0.1) is 13.8 Å². The number of hydrogen-bond acceptors (Lipinski definition) is 5. The average Bonchev–Trinajstić information content (AvgIpc) is 2.96. The maximum Gasteiger partial charge on any atom is 0.196 e. The quantitative estimate of drug-likeness (QED) is 0.253. The van der Waals surface area contributed by atoms with Crippen molar-refractivity contribution in [3.8, 4) is 11.3 Å². The molecule has 3 aromatic carbocycles. The zero-order valence-corrected chi connectivity index (χ0v) is 23.3. The van der Waals surface area contributed by atoms with Crippen molar-refractivity contribution < 1.29 is 9.15 Å². The van der Waals surface area contributed by atoms with Crippen LogP contribution >= 0.6 is 0 Å². The molecule has 1 aliphatic rings. The fraction of sp³-hybridized carbons (Fsp3) is 0.324. The van der Waals surface area contributed by atoms with Crippen molar-refractivity contribution in [3.05, 3.63) is 105 Å². The number of morpholine rings is 1. The van der Waals surface area contributed by atoms with Crippen molar-refractivity contribution in [2.75, 3.05) is 38.2 Å². The third-order valence-corrected chi connectivity index (χ3v) is 7.67. The van der Waals surface area contributed by atoms with E-state index >= 15 is 0 Å². The number of ether oxygens (including phenoxy) is 1. The molecular formula is C34H38N2O3. The Balaban J connectivity index is 1.43. The fourth-order valence-corrected chi connectivity index (χ4v) is 5.44. The highest BCUT2D eigenvalue weighted by atomic mass is 16.5. The third kappa shape index (κ3) is 6.00. The number of anilines is 1. The summed E-state index contributed by atoms with van der Waals surface area (Å²) >= 11 is 0. The summed E-state index contributed by atoms with van der Waals surface area (Å²) in [5.74, 6) is 0.635. The van der Waals surface area contributed by atoms with E-state index in [1.165, 1.54) is 5.56 Å². The molecule has 5 nitrogen and oxygen atoms in total. The van der Waals surface area contributed by atoms with Crippen LogP contribution in [0.4, 0.5) is 5.69 Å². The summed E-state index contributed by atoms with van der Waals surface area (Å²) in [5, 5.41) is 4.22. The fourth-order valence-electron chi connectivity index (χ4n) is 5.44. The predicted octanol–water partition coefficient (Wildman–Crippen LogP) is 7.16. The van der Waals surface area contributed by atoms with E-state index in [1.807, 2.05) is 50.3 Å². The Morgan fingerprint density at radius 2 is 1.79 bits per heavy atom. The van der Waals surface area contributed by atoms with Gasteiger partial charge in [-0.1, -0.05) is 61.2 Å². The van der Waals surface area contributed by atoms with Gasteiger partial charge in [-0.2, -0.15) is 0 Å². The predicted molar refractivity (Wildman–Crippen MR) is 162 cm³/mol. The Bertz CT molecular complexity index is 1510. The highest BCUT2D eigenvalue weighted by molar-refractivity contribution is 5.84. The van der Waals surface area contributed by atoms with Crippen molar-refractivity contribution in [2.45, 2.75) is 39.7 Å². The summed E-state index contributed by atoms with van der Waals surface area (Å²) in [6, 6.07) is 20.5. The maximum absolute atomic E-state index is 13.6. The molecule has 2 heterocycles. The first-order valence-electron chi connectivity index (χ1n) is 13.9. The van der Waals surface area contributed by atoms with E-state index in [0.29, 0.717) is 22.3 Å². The summed E-state index contributed by atoms with van der Waals surface area (Å²) in [4.78, 5) is 16.0. The normalized spacial score (nSPS) is 14.8. The van der Waals surface area contributed by atoms with Crippen LogP contribution in [0.5, 0.6) is 0 Å². The van der Waals surface area contributed by atoms with E-state index < -0.39 is 0 Å². The van der Waals surface area contributed by atoms with Crippen LogP contribution in [0.25, 0.3) is 28.4 Å². The van der Waals surface area contributed by atoms with Gasteiger partial charge in [-0.3, -0.25) is 9.69 Å². The van der Waals surface area contributed by atoms with E-state index in [9.17, 15) is 4.79 Å². The van der Waals surface area contributed by atoms with Gasteiger partial charge in [0.2, 0.25) is 0 Å². The van der Waals surface area contributed by atoms with E-state index in [1.54, 1.807) is 0 Å². The van der Waals surface area contributed by atoms with Crippen LogP contribution in [-0.2, 0) is 11.2 Å². The molecule has 0 radical (unpaired) electrons. The Hall–Kier alpha value is -3.67. The molecule has 0 bridgehead atoms. The van der Waals surface area contributed by atoms with Crippen LogP contribution in [0.15, 0.2) is 76.5 Å². The number of para-hydroxylation sites is 1. The van der Waals surface area contributed by atoms with Crippen molar-refractivity contribution >= 4 is 22.7 Å². The minimum Gasteiger partial charge on any atom is -0.455 e. The van der Waals surface area contributed by atoms with Crippen molar-refractivity contribution in [1.82, 2.24) is 4.90 Å². The second-order valence-corrected chi connectivity index (χ2v) is 10.5. The number of nitrogens with one attached hydrogen (secondary N) is 1. The second kappa shape index (κ2) is 12.0. The number of rotatable bonds is 9. The van der Waals surface area contributed by atoms with Gasteiger partial charge in [-0.15, -0.1) is 0 Å². The monoisotopic (exact) mass is 522 g/mol. The number of aryl methyl sites for hydroxylation is 2. The summed E-state index contributed by atoms with van der Waals surface area (Å²) < 4.78 is 12.0. The van der Waals surface area contributed by atoms with Gasteiger partial charge in [0, 0.05) is 35.5 Å². The first-order valence-corrected chi connectivity index (χ1v) is 13.9. The number of nitrogens with zero attached hydrogens (tertiary/aromatic N) is 1. The molecule has 1 saturated heterocycles. The van der Waals surface area contributed by atoms with Gasteiger partial charge < -0.3 is 14.5 Å². The Morgan fingerprint density at radius 1 is 1.05 bits per heavy atom. The molecule has 1 atom stereocenters. The van der Waals surface area contributed by atoms with Crippen LogP contribution in [0.1, 0.15) is 47.2 Å². The maximum atomic E-state index is 13.6.